The summed E-state index contributed by atoms with van der Waals surface area (Å²) in [6, 6.07) is 0. The zero-order chi connectivity index (χ0) is 9.80. The fraction of sp³-hybridized carbons (Fsp3) is 0.600. The molecule has 3 nitrogen and oxygen atoms in total. The fourth-order valence-electron chi connectivity index (χ4n) is 1.56. The van der Waals surface area contributed by atoms with E-state index in [9.17, 15) is 0 Å². The lowest BCUT2D eigenvalue weighted by molar-refractivity contribution is 0.308. The second-order valence-corrected chi connectivity index (χ2v) is 4.24. The Morgan fingerprint density at radius 3 is 2.93 bits per heavy atom. The first-order valence-corrected chi connectivity index (χ1v) is 5.44. The van der Waals surface area contributed by atoms with E-state index in [2.05, 4.69) is 15.3 Å². The van der Waals surface area contributed by atoms with Crippen LogP contribution in [0.4, 0.5) is 5.82 Å². The fourth-order valence-corrected chi connectivity index (χ4v) is 1.89. The van der Waals surface area contributed by atoms with Crippen LogP contribution >= 0.6 is 11.6 Å². The molecule has 14 heavy (non-hydrogen) atoms. The topological polar surface area (TPSA) is 37.8 Å². The molecule has 0 radical (unpaired) electrons. The van der Waals surface area contributed by atoms with Crippen LogP contribution in [0.1, 0.15) is 19.3 Å². The average molecular weight is 212 g/mol. The van der Waals surface area contributed by atoms with Crippen molar-refractivity contribution in [2.45, 2.75) is 24.6 Å². The number of rotatable bonds is 4. The smallest absolute Gasteiger partial charge is 0.144 e. The van der Waals surface area contributed by atoms with Crippen LogP contribution in [-0.2, 0) is 0 Å². The molecular weight excluding hydrogens is 198 g/mol. The highest BCUT2D eigenvalue weighted by Crippen LogP contribution is 2.32. The van der Waals surface area contributed by atoms with E-state index in [-0.39, 0.29) is 5.38 Å². The molecule has 1 atom stereocenters. The van der Waals surface area contributed by atoms with Gasteiger partial charge >= 0.3 is 0 Å². The lowest BCUT2D eigenvalue weighted by Crippen LogP contribution is -2.28. The number of hydrogen-bond acceptors (Lipinski definition) is 3. The summed E-state index contributed by atoms with van der Waals surface area (Å²) in [4.78, 5) is 8.10. The molecule has 1 aromatic heterocycles. The SMILES string of the molecule is ClC(CNc1cnccn1)C1CCC1. The highest BCUT2D eigenvalue weighted by molar-refractivity contribution is 6.21. The monoisotopic (exact) mass is 211 g/mol. The van der Waals surface area contributed by atoms with Gasteiger partial charge in [-0.15, -0.1) is 11.6 Å². The molecule has 1 fully saturated rings. The molecule has 1 unspecified atom stereocenters. The zero-order valence-electron chi connectivity index (χ0n) is 7.99. The van der Waals surface area contributed by atoms with Crippen molar-refractivity contribution in [3.63, 3.8) is 0 Å². The van der Waals surface area contributed by atoms with Crippen molar-refractivity contribution >= 4 is 17.4 Å². The Hall–Kier alpha value is -0.830. The van der Waals surface area contributed by atoms with Crippen molar-refractivity contribution in [2.24, 2.45) is 5.92 Å². The summed E-state index contributed by atoms with van der Waals surface area (Å²) in [7, 11) is 0. The van der Waals surface area contributed by atoms with Gasteiger partial charge in [0.25, 0.3) is 0 Å². The summed E-state index contributed by atoms with van der Waals surface area (Å²) in [5.74, 6) is 1.50. The third-order valence-electron chi connectivity index (χ3n) is 2.70. The predicted molar refractivity (Wildman–Crippen MR) is 57.5 cm³/mol. The Kier molecular flexibility index (Phi) is 3.19. The van der Waals surface area contributed by atoms with Crippen LogP contribution in [0.15, 0.2) is 18.6 Å². The molecule has 0 amide bonds. The second kappa shape index (κ2) is 4.60. The summed E-state index contributed by atoms with van der Waals surface area (Å²) in [5, 5.41) is 3.42. The van der Waals surface area contributed by atoms with Crippen LogP contribution in [0.25, 0.3) is 0 Å². The summed E-state index contributed by atoms with van der Waals surface area (Å²) in [6.45, 7) is 0.783. The molecular formula is C10H14ClN3. The molecule has 1 N–H and O–H groups in total. The third kappa shape index (κ3) is 2.35. The normalized spacial score (nSPS) is 18.6. The number of alkyl halides is 1. The van der Waals surface area contributed by atoms with Gasteiger partial charge in [0.2, 0.25) is 0 Å². The first kappa shape index (κ1) is 9.71. The van der Waals surface area contributed by atoms with Gasteiger partial charge in [0.15, 0.2) is 0 Å². The molecule has 1 aromatic rings. The maximum Gasteiger partial charge on any atom is 0.144 e. The van der Waals surface area contributed by atoms with Gasteiger partial charge in [-0.2, -0.15) is 0 Å². The molecule has 0 aliphatic heterocycles. The molecule has 0 spiro atoms. The highest BCUT2D eigenvalue weighted by atomic mass is 35.5. The molecule has 0 bridgehead atoms. The lowest BCUT2D eigenvalue weighted by atomic mass is 9.83. The lowest BCUT2D eigenvalue weighted by Gasteiger charge is -2.29. The molecule has 1 aliphatic carbocycles. The van der Waals surface area contributed by atoms with Crippen LogP contribution in [0.3, 0.4) is 0 Å². The Morgan fingerprint density at radius 1 is 1.50 bits per heavy atom. The average Bonchev–Trinajstić information content (AvgIpc) is 2.14. The largest absolute Gasteiger partial charge is 0.367 e. The maximum absolute atomic E-state index is 6.22. The van der Waals surface area contributed by atoms with Gasteiger partial charge < -0.3 is 5.32 Å². The van der Waals surface area contributed by atoms with Gasteiger partial charge in [-0.1, -0.05) is 6.42 Å². The van der Waals surface area contributed by atoms with Crippen LogP contribution < -0.4 is 5.32 Å². The molecule has 4 heteroatoms. The number of hydrogen-bond donors (Lipinski definition) is 1. The Morgan fingerprint density at radius 2 is 2.36 bits per heavy atom. The van der Waals surface area contributed by atoms with Gasteiger partial charge in [-0.25, -0.2) is 4.98 Å². The second-order valence-electron chi connectivity index (χ2n) is 3.68. The van der Waals surface area contributed by atoms with Crippen molar-refractivity contribution in [2.75, 3.05) is 11.9 Å². The molecule has 1 aliphatic rings. The Bertz CT molecular complexity index is 274. The maximum atomic E-state index is 6.22. The minimum atomic E-state index is 0.228. The van der Waals surface area contributed by atoms with Crippen LogP contribution in [0, 0.1) is 5.92 Å². The number of aromatic nitrogens is 2. The number of anilines is 1. The first-order chi connectivity index (χ1) is 6.86. The van der Waals surface area contributed by atoms with E-state index in [1.165, 1.54) is 19.3 Å². The summed E-state index contributed by atoms with van der Waals surface area (Å²) < 4.78 is 0. The van der Waals surface area contributed by atoms with Crippen LogP contribution in [0.5, 0.6) is 0 Å². The standard InChI is InChI=1S/C10H14ClN3/c11-9(8-2-1-3-8)6-14-10-7-12-4-5-13-10/h4-5,7-9H,1-3,6H2,(H,13,14). The van der Waals surface area contributed by atoms with E-state index in [1.54, 1.807) is 18.6 Å². The highest BCUT2D eigenvalue weighted by Gasteiger charge is 2.25. The van der Waals surface area contributed by atoms with Crippen LogP contribution in [0.2, 0.25) is 0 Å². The van der Waals surface area contributed by atoms with Gasteiger partial charge in [-0.05, 0) is 18.8 Å². The van der Waals surface area contributed by atoms with E-state index in [1.807, 2.05) is 0 Å². The summed E-state index contributed by atoms with van der Waals surface area (Å²) in [5.41, 5.74) is 0. The van der Waals surface area contributed by atoms with E-state index in [0.717, 1.165) is 12.4 Å². The van der Waals surface area contributed by atoms with Gasteiger partial charge in [-0.3, -0.25) is 4.98 Å². The molecule has 76 valence electrons. The minimum absolute atomic E-state index is 0.228. The number of halogens is 1. The zero-order valence-corrected chi connectivity index (χ0v) is 8.74. The molecule has 1 heterocycles. The van der Waals surface area contributed by atoms with Crippen molar-refractivity contribution < 1.29 is 0 Å². The van der Waals surface area contributed by atoms with Crippen molar-refractivity contribution in [1.29, 1.82) is 0 Å². The third-order valence-corrected chi connectivity index (χ3v) is 3.21. The molecule has 0 aromatic carbocycles. The van der Waals surface area contributed by atoms with Crippen molar-refractivity contribution in [1.82, 2.24) is 9.97 Å². The minimum Gasteiger partial charge on any atom is -0.367 e. The Balaban J connectivity index is 1.76. The van der Waals surface area contributed by atoms with Crippen molar-refractivity contribution in [3.8, 4) is 0 Å². The molecule has 1 saturated carbocycles. The van der Waals surface area contributed by atoms with E-state index in [0.29, 0.717) is 5.92 Å². The summed E-state index contributed by atoms with van der Waals surface area (Å²) in [6.07, 6.45) is 8.93. The molecule has 0 saturated heterocycles. The Labute approximate surface area is 88.9 Å². The number of nitrogens with zero attached hydrogens (tertiary/aromatic N) is 2. The number of nitrogens with one attached hydrogen (secondary N) is 1. The van der Waals surface area contributed by atoms with Crippen LogP contribution in [-0.4, -0.2) is 21.9 Å². The van der Waals surface area contributed by atoms with Gasteiger partial charge in [0.1, 0.15) is 5.82 Å². The van der Waals surface area contributed by atoms with E-state index >= 15 is 0 Å². The summed E-state index contributed by atoms with van der Waals surface area (Å²) >= 11 is 6.22. The quantitative estimate of drug-likeness (QED) is 0.777. The first-order valence-electron chi connectivity index (χ1n) is 5.00. The predicted octanol–water partition coefficient (Wildman–Crippen LogP) is 2.30. The van der Waals surface area contributed by atoms with E-state index < -0.39 is 0 Å². The van der Waals surface area contributed by atoms with E-state index in [4.69, 9.17) is 11.6 Å². The van der Waals surface area contributed by atoms with Crippen molar-refractivity contribution in [3.05, 3.63) is 18.6 Å². The molecule has 2 rings (SSSR count). The van der Waals surface area contributed by atoms with Gasteiger partial charge in [0.05, 0.1) is 11.6 Å². The van der Waals surface area contributed by atoms with Gasteiger partial charge in [0, 0.05) is 18.9 Å².